The zero-order valence-corrected chi connectivity index (χ0v) is 15.6. The number of amides is 1. The molecule has 1 aliphatic rings. The lowest BCUT2D eigenvalue weighted by Gasteiger charge is -2.32. The number of aryl methyl sites for hydroxylation is 1. The Balaban J connectivity index is 1.64. The number of benzene rings is 1. The van der Waals surface area contributed by atoms with Gasteiger partial charge in [0, 0.05) is 13.1 Å². The minimum absolute atomic E-state index is 0.129. The van der Waals surface area contributed by atoms with Gasteiger partial charge in [-0.05, 0) is 44.1 Å². The predicted octanol–water partition coefficient (Wildman–Crippen LogP) is 2.99. The van der Waals surface area contributed by atoms with E-state index in [0.29, 0.717) is 5.92 Å². The summed E-state index contributed by atoms with van der Waals surface area (Å²) in [5.41, 5.74) is 1.37. The smallest absolute Gasteiger partial charge is 0.335 e. The summed E-state index contributed by atoms with van der Waals surface area (Å²) >= 11 is 0. The normalized spacial score (nSPS) is 16.1. The lowest BCUT2D eigenvalue weighted by Crippen LogP contribution is -2.41. The Morgan fingerprint density at radius 2 is 1.96 bits per heavy atom. The summed E-state index contributed by atoms with van der Waals surface area (Å²) < 4.78 is 10.2. The molecule has 1 amide bonds. The molecule has 5 heteroatoms. The number of likely N-dealkylation sites (tertiary alicyclic amines) is 1. The van der Waals surface area contributed by atoms with Crippen LogP contribution in [0.15, 0.2) is 43.0 Å². The van der Waals surface area contributed by atoms with Crippen molar-refractivity contribution in [3.8, 4) is 0 Å². The summed E-state index contributed by atoms with van der Waals surface area (Å²) in [7, 11) is 0. The van der Waals surface area contributed by atoms with E-state index >= 15 is 0 Å². The summed E-state index contributed by atoms with van der Waals surface area (Å²) in [6.07, 6.45) is 5.12. The van der Waals surface area contributed by atoms with Gasteiger partial charge in [0.1, 0.15) is 0 Å². The van der Waals surface area contributed by atoms with Gasteiger partial charge in [-0.2, -0.15) is 0 Å². The maximum absolute atomic E-state index is 12.2. The van der Waals surface area contributed by atoms with Crippen molar-refractivity contribution in [3.05, 3.63) is 48.6 Å². The van der Waals surface area contributed by atoms with Crippen LogP contribution < -0.4 is 0 Å². The van der Waals surface area contributed by atoms with E-state index < -0.39 is 12.1 Å². The molecule has 1 saturated heterocycles. The van der Waals surface area contributed by atoms with Crippen LogP contribution in [0, 0.1) is 5.92 Å². The molecule has 5 nitrogen and oxygen atoms in total. The summed E-state index contributed by atoms with van der Waals surface area (Å²) in [5.74, 6) is 0.00265. The predicted molar refractivity (Wildman–Crippen MR) is 101 cm³/mol. The number of piperidine rings is 1. The van der Waals surface area contributed by atoms with Gasteiger partial charge >= 0.3 is 5.97 Å². The third-order valence-corrected chi connectivity index (χ3v) is 4.79. The van der Waals surface area contributed by atoms with Gasteiger partial charge in [0.05, 0.1) is 6.61 Å². The van der Waals surface area contributed by atoms with E-state index in [1.807, 2.05) is 6.07 Å². The highest BCUT2D eigenvalue weighted by Gasteiger charge is 2.24. The van der Waals surface area contributed by atoms with Crippen molar-refractivity contribution in [2.45, 2.75) is 38.7 Å². The molecule has 0 saturated carbocycles. The van der Waals surface area contributed by atoms with E-state index in [4.69, 9.17) is 9.47 Å². The summed E-state index contributed by atoms with van der Waals surface area (Å²) in [4.78, 5) is 25.8. The topological polar surface area (TPSA) is 55.8 Å². The van der Waals surface area contributed by atoms with Gasteiger partial charge < -0.3 is 14.4 Å². The van der Waals surface area contributed by atoms with Crippen molar-refractivity contribution in [2.75, 3.05) is 26.3 Å². The number of ether oxygens (including phenoxy) is 2. The SMILES string of the molecule is C=CCOC(C)C(=O)OCC(=O)N1CCC(CCc2ccccc2)CC1. The molecule has 2 rings (SSSR count). The molecule has 1 aliphatic heterocycles. The fraction of sp³-hybridized carbons (Fsp3) is 0.524. The average Bonchev–Trinajstić information content (AvgIpc) is 2.69. The van der Waals surface area contributed by atoms with Crippen molar-refractivity contribution in [3.63, 3.8) is 0 Å². The zero-order chi connectivity index (χ0) is 18.8. The maximum atomic E-state index is 12.2. The van der Waals surface area contributed by atoms with E-state index in [9.17, 15) is 9.59 Å². The van der Waals surface area contributed by atoms with Gasteiger partial charge in [0.25, 0.3) is 5.91 Å². The minimum atomic E-state index is -0.690. The summed E-state index contributed by atoms with van der Waals surface area (Å²) in [5, 5.41) is 0. The second-order valence-electron chi connectivity index (χ2n) is 6.72. The number of rotatable bonds is 9. The fourth-order valence-electron chi connectivity index (χ4n) is 3.11. The number of carbonyl (C=O) groups is 2. The Kier molecular flexibility index (Phi) is 8.35. The van der Waals surface area contributed by atoms with Crippen molar-refractivity contribution >= 4 is 11.9 Å². The monoisotopic (exact) mass is 359 g/mol. The average molecular weight is 359 g/mol. The third-order valence-electron chi connectivity index (χ3n) is 4.79. The van der Waals surface area contributed by atoms with Crippen LogP contribution in [0.1, 0.15) is 31.7 Å². The van der Waals surface area contributed by atoms with Crippen LogP contribution in [-0.2, 0) is 25.5 Å². The second-order valence-corrected chi connectivity index (χ2v) is 6.72. The minimum Gasteiger partial charge on any atom is -0.454 e. The zero-order valence-electron chi connectivity index (χ0n) is 15.6. The fourth-order valence-corrected chi connectivity index (χ4v) is 3.11. The first-order valence-corrected chi connectivity index (χ1v) is 9.31. The molecule has 0 aliphatic carbocycles. The molecule has 26 heavy (non-hydrogen) atoms. The Morgan fingerprint density at radius 1 is 1.27 bits per heavy atom. The van der Waals surface area contributed by atoms with Gasteiger partial charge in [-0.15, -0.1) is 6.58 Å². The van der Waals surface area contributed by atoms with E-state index in [-0.39, 0.29) is 19.1 Å². The lowest BCUT2D eigenvalue weighted by molar-refractivity contribution is -0.161. The third kappa shape index (κ3) is 6.64. The maximum Gasteiger partial charge on any atom is 0.335 e. The molecule has 1 aromatic carbocycles. The van der Waals surface area contributed by atoms with Gasteiger partial charge in [-0.25, -0.2) is 4.79 Å². The van der Waals surface area contributed by atoms with Crippen LogP contribution in [0.4, 0.5) is 0 Å². The Hall–Kier alpha value is -2.14. The largest absolute Gasteiger partial charge is 0.454 e. The van der Waals surface area contributed by atoms with Crippen molar-refractivity contribution in [1.82, 2.24) is 4.90 Å². The Morgan fingerprint density at radius 3 is 2.62 bits per heavy atom. The van der Waals surface area contributed by atoms with E-state index in [0.717, 1.165) is 38.8 Å². The van der Waals surface area contributed by atoms with Crippen molar-refractivity contribution in [2.24, 2.45) is 5.92 Å². The first-order valence-electron chi connectivity index (χ1n) is 9.31. The number of hydrogen-bond donors (Lipinski definition) is 0. The van der Waals surface area contributed by atoms with Gasteiger partial charge in [0.2, 0.25) is 0 Å². The van der Waals surface area contributed by atoms with Crippen molar-refractivity contribution in [1.29, 1.82) is 0 Å². The van der Waals surface area contributed by atoms with Crippen LogP contribution >= 0.6 is 0 Å². The molecule has 1 fully saturated rings. The summed E-state index contributed by atoms with van der Waals surface area (Å²) in [6, 6.07) is 10.5. The highest BCUT2D eigenvalue weighted by atomic mass is 16.6. The lowest BCUT2D eigenvalue weighted by atomic mass is 9.90. The van der Waals surface area contributed by atoms with Crippen LogP contribution in [0.5, 0.6) is 0 Å². The molecule has 0 N–H and O–H groups in total. The number of carbonyl (C=O) groups excluding carboxylic acids is 2. The molecule has 1 unspecified atom stereocenters. The summed E-state index contributed by atoms with van der Waals surface area (Å²) in [6.45, 7) is 6.67. The van der Waals surface area contributed by atoms with E-state index in [1.54, 1.807) is 17.9 Å². The number of hydrogen-bond acceptors (Lipinski definition) is 4. The Bertz CT molecular complexity index is 579. The first kappa shape index (κ1) is 20.2. The van der Waals surface area contributed by atoms with E-state index in [1.165, 1.54) is 5.56 Å². The molecule has 1 aromatic rings. The quantitative estimate of drug-likeness (QED) is 0.502. The highest BCUT2D eigenvalue weighted by Crippen LogP contribution is 2.22. The van der Waals surface area contributed by atoms with Crippen LogP contribution in [0.25, 0.3) is 0 Å². The van der Waals surface area contributed by atoms with Gasteiger partial charge in [0.15, 0.2) is 12.7 Å². The molecular weight excluding hydrogens is 330 g/mol. The molecule has 0 bridgehead atoms. The van der Waals surface area contributed by atoms with Gasteiger partial charge in [-0.3, -0.25) is 4.79 Å². The standard InChI is InChI=1S/C21H29NO4/c1-3-15-25-17(2)21(24)26-16-20(23)22-13-11-19(12-14-22)10-9-18-7-5-4-6-8-18/h3-8,17,19H,1,9-16H2,2H3. The number of esters is 1. The number of nitrogens with zero attached hydrogens (tertiary/aromatic N) is 1. The molecule has 0 spiro atoms. The molecular formula is C21H29NO4. The first-order chi connectivity index (χ1) is 12.6. The van der Waals surface area contributed by atoms with E-state index in [2.05, 4.69) is 30.8 Å². The molecule has 142 valence electrons. The Labute approximate surface area is 156 Å². The van der Waals surface area contributed by atoms with Gasteiger partial charge in [-0.1, -0.05) is 36.4 Å². The molecule has 0 radical (unpaired) electrons. The van der Waals surface area contributed by atoms with Crippen molar-refractivity contribution < 1.29 is 19.1 Å². The highest BCUT2D eigenvalue weighted by molar-refractivity contribution is 5.82. The molecule has 1 heterocycles. The van der Waals surface area contributed by atoms with Crippen LogP contribution in [0.2, 0.25) is 0 Å². The van der Waals surface area contributed by atoms with Crippen LogP contribution in [0.3, 0.4) is 0 Å². The molecule has 0 aromatic heterocycles. The molecule has 1 atom stereocenters. The second kappa shape index (κ2) is 10.8. The van der Waals surface area contributed by atoms with Crippen LogP contribution in [-0.4, -0.2) is 49.2 Å².